The van der Waals surface area contributed by atoms with Gasteiger partial charge in [0.1, 0.15) is 5.49 Å². The number of rotatable bonds is 6. The van der Waals surface area contributed by atoms with Gasteiger partial charge < -0.3 is 14.2 Å². The Kier molecular flexibility index (Phi) is 6.45. The zero-order valence-electron chi connectivity index (χ0n) is 18.7. The van der Waals surface area contributed by atoms with E-state index in [1.165, 1.54) is 5.56 Å². The first kappa shape index (κ1) is 21.4. The molecule has 0 unspecified atom stereocenters. The van der Waals surface area contributed by atoms with E-state index in [2.05, 4.69) is 32.9 Å². The van der Waals surface area contributed by atoms with Gasteiger partial charge in [-0.05, 0) is 57.0 Å². The number of ether oxygens (including phenoxy) is 3. The Balaban J connectivity index is 2.24. The highest BCUT2D eigenvalue weighted by Crippen LogP contribution is 2.32. The van der Waals surface area contributed by atoms with E-state index in [0.717, 1.165) is 33.6 Å². The summed E-state index contributed by atoms with van der Waals surface area (Å²) in [5, 5.41) is 0. The van der Waals surface area contributed by atoms with Crippen molar-refractivity contribution < 1.29 is 14.2 Å². The highest BCUT2D eigenvalue weighted by atomic mass is 16.5. The molecule has 0 saturated carbocycles. The SMILES string of the molecule is CCOc1nc(-c2ccc(OC)c(OC)c2)cc(=Nc2c(C)cc(C)cc2C)n1C. The van der Waals surface area contributed by atoms with E-state index < -0.39 is 0 Å². The molecule has 30 heavy (non-hydrogen) atoms. The molecular formula is C24H29N3O3. The molecular weight excluding hydrogens is 378 g/mol. The molecule has 0 aliphatic rings. The van der Waals surface area contributed by atoms with Gasteiger partial charge in [-0.2, -0.15) is 4.98 Å². The minimum Gasteiger partial charge on any atom is -0.493 e. The van der Waals surface area contributed by atoms with Crippen LogP contribution in [-0.4, -0.2) is 30.4 Å². The number of nitrogens with zero attached hydrogens (tertiary/aromatic N) is 3. The summed E-state index contributed by atoms with van der Waals surface area (Å²) in [5.41, 5.74) is 6.85. The third-order valence-corrected chi connectivity index (χ3v) is 4.93. The molecule has 0 saturated heterocycles. The van der Waals surface area contributed by atoms with Crippen molar-refractivity contribution in [3.63, 3.8) is 0 Å². The lowest BCUT2D eigenvalue weighted by molar-refractivity contribution is 0.295. The van der Waals surface area contributed by atoms with Crippen LogP contribution in [0.25, 0.3) is 11.3 Å². The lowest BCUT2D eigenvalue weighted by atomic mass is 10.1. The third kappa shape index (κ3) is 4.32. The molecule has 0 radical (unpaired) electrons. The summed E-state index contributed by atoms with van der Waals surface area (Å²) in [4.78, 5) is 9.68. The van der Waals surface area contributed by atoms with Gasteiger partial charge in [0.25, 0.3) is 6.01 Å². The van der Waals surface area contributed by atoms with Gasteiger partial charge in [-0.3, -0.25) is 4.57 Å². The molecule has 0 aliphatic heterocycles. The maximum atomic E-state index is 5.79. The maximum absolute atomic E-state index is 5.79. The van der Waals surface area contributed by atoms with Gasteiger partial charge in [-0.25, -0.2) is 4.99 Å². The van der Waals surface area contributed by atoms with E-state index in [0.29, 0.717) is 24.1 Å². The lowest BCUT2D eigenvalue weighted by Crippen LogP contribution is -2.21. The van der Waals surface area contributed by atoms with Crippen molar-refractivity contribution in [2.75, 3.05) is 20.8 Å². The smallest absolute Gasteiger partial charge is 0.298 e. The molecule has 0 aliphatic carbocycles. The number of aromatic nitrogens is 2. The second-order valence-corrected chi connectivity index (χ2v) is 7.20. The van der Waals surface area contributed by atoms with Gasteiger partial charge in [0.05, 0.1) is 32.2 Å². The fourth-order valence-electron chi connectivity index (χ4n) is 3.50. The first-order valence-corrected chi connectivity index (χ1v) is 9.93. The summed E-state index contributed by atoms with van der Waals surface area (Å²) in [6.07, 6.45) is 0. The Morgan fingerprint density at radius 3 is 2.20 bits per heavy atom. The molecule has 3 rings (SSSR count). The maximum Gasteiger partial charge on any atom is 0.298 e. The molecule has 1 aromatic heterocycles. The first-order valence-electron chi connectivity index (χ1n) is 9.93. The van der Waals surface area contributed by atoms with Crippen LogP contribution in [-0.2, 0) is 7.05 Å². The van der Waals surface area contributed by atoms with Crippen molar-refractivity contribution in [2.45, 2.75) is 27.7 Å². The Morgan fingerprint density at radius 1 is 0.933 bits per heavy atom. The predicted molar refractivity (Wildman–Crippen MR) is 119 cm³/mol. The van der Waals surface area contributed by atoms with Gasteiger partial charge in [-0.15, -0.1) is 0 Å². The standard InChI is InChI=1S/C24H29N3O3/c1-8-30-24-25-19(18-9-10-20(28-6)21(13-18)29-7)14-22(27(24)5)26-23-16(3)11-15(2)12-17(23)4/h9-14H,8H2,1-7H3. The summed E-state index contributed by atoms with van der Waals surface area (Å²) in [6, 6.07) is 12.5. The zero-order chi connectivity index (χ0) is 21.8. The monoisotopic (exact) mass is 407 g/mol. The molecule has 6 heteroatoms. The van der Waals surface area contributed by atoms with Crippen molar-refractivity contribution >= 4 is 5.69 Å². The van der Waals surface area contributed by atoms with Crippen LogP contribution in [0.3, 0.4) is 0 Å². The Hall–Kier alpha value is -3.28. The molecule has 0 N–H and O–H groups in total. The second kappa shape index (κ2) is 9.03. The summed E-state index contributed by atoms with van der Waals surface area (Å²) in [6.45, 7) is 8.71. The van der Waals surface area contributed by atoms with Crippen LogP contribution in [0.15, 0.2) is 41.4 Å². The van der Waals surface area contributed by atoms with Crippen molar-refractivity contribution in [3.8, 4) is 28.8 Å². The molecule has 1 heterocycles. The summed E-state index contributed by atoms with van der Waals surface area (Å²) in [5.74, 6) is 1.32. The molecule has 158 valence electrons. The minimum atomic E-state index is 0.506. The number of hydrogen-bond acceptors (Lipinski definition) is 5. The van der Waals surface area contributed by atoms with E-state index in [-0.39, 0.29) is 0 Å². The quantitative estimate of drug-likeness (QED) is 0.596. The molecule has 0 atom stereocenters. The minimum absolute atomic E-state index is 0.506. The van der Waals surface area contributed by atoms with Crippen molar-refractivity contribution in [2.24, 2.45) is 12.0 Å². The molecule has 0 fully saturated rings. The zero-order valence-corrected chi connectivity index (χ0v) is 18.7. The summed E-state index contributed by atoms with van der Waals surface area (Å²) >= 11 is 0. The second-order valence-electron chi connectivity index (χ2n) is 7.20. The number of methoxy groups -OCH3 is 2. The lowest BCUT2D eigenvalue weighted by Gasteiger charge is -2.14. The molecule has 0 amide bonds. The Labute approximate surface area is 177 Å². The third-order valence-electron chi connectivity index (χ3n) is 4.93. The fourth-order valence-corrected chi connectivity index (χ4v) is 3.50. The van der Waals surface area contributed by atoms with E-state index in [9.17, 15) is 0 Å². The Morgan fingerprint density at radius 2 is 1.60 bits per heavy atom. The molecule has 2 aromatic carbocycles. The molecule has 0 bridgehead atoms. The number of benzene rings is 2. The Bertz CT molecular complexity index is 1110. The fraction of sp³-hybridized carbons (Fsp3) is 0.333. The van der Waals surface area contributed by atoms with E-state index >= 15 is 0 Å². The number of hydrogen-bond donors (Lipinski definition) is 0. The summed E-state index contributed by atoms with van der Waals surface area (Å²) in [7, 11) is 5.15. The first-order chi connectivity index (χ1) is 14.4. The van der Waals surface area contributed by atoms with Crippen LogP contribution < -0.4 is 19.7 Å². The van der Waals surface area contributed by atoms with Crippen LogP contribution in [0, 0.1) is 20.8 Å². The van der Waals surface area contributed by atoms with Crippen LogP contribution in [0.2, 0.25) is 0 Å². The predicted octanol–water partition coefficient (Wildman–Crippen LogP) is 4.66. The van der Waals surface area contributed by atoms with Gasteiger partial charge in [-0.1, -0.05) is 17.7 Å². The molecule has 0 spiro atoms. The largest absolute Gasteiger partial charge is 0.493 e. The van der Waals surface area contributed by atoms with Crippen LogP contribution >= 0.6 is 0 Å². The van der Waals surface area contributed by atoms with Gasteiger partial charge in [0.2, 0.25) is 0 Å². The topological polar surface area (TPSA) is 57.9 Å². The molecule has 3 aromatic rings. The molecule has 6 nitrogen and oxygen atoms in total. The highest BCUT2D eigenvalue weighted by Gasteiger charge is 2.12. The van der Waals surface area contributed by atoms with Crippen molar-refractivity contribution in [1.82, 2.24) is 9.55 Å². The highest BCUT2D eigenvalue weighted by molar-refractivity contribution is 5.64. The number of aryl methyl sites for hydroxylation is 3. The van der Waals surface area contributed by atoms with Crippen LogP contribution in [0.1, 0.15) is 23.6 Å². The van der Waals surface area contributed by atoms with Crippen molar-refractivity contribution in [3.05, 3.63) is 58.6 Å². The average molecular weight is 408 g/mol. The summed E-state index contributed by atoms with van der Waals surface area (Å²) < 4.78 is 18.5. The van der Waals surface area contributed by atoms with Crippen LogP contribution in [0.5, 0.6) is 17.5 Å². The van der Waals surface area contributed by atoms with E-state index in [1.807, 2.05) is 42.8 Å². The normalized spacial score (nSPS) is 11.5. The van der Waals surface area contributed by atoms with Crippen molar-refractivity contribution in [1.29, 1.82) is 0 Å². The van der Waals surface area contributed by atoms with Crippen LogP contribution in [0.4, 0.5) is 5.69 Å². The van der Waals surface area contributed by atoms with Gasteiger partial charge in [0.15, 0.2) is 11.5 Å². The average Bonchev–Trinajstić information content (AvgIpc) is 2.72. The van der Waals surface area contributed by atoms with E-state index in [1.54, 1.807) is 14.2 Å². The van der Waals surface area contributed by atoms with Gasteiger partial charge in [0, 0.05) is 18.7 Å². The van der Waals surface area contributed by atoms with Gasteiger partial charge >= 0.3 is 0 Å². The van der Waals surface area contributed by atoms with E-state index in [4.69, 9.17) is 24.2 Å².